The predicted molar refractivity (Wildman–Crippen MR) is 67.3 cm³/mol. The number of nitrogens with one attached hydrogen (secondary N) is 2. The number of carbonyl (C=O) groups is 1. The van der Waals surface area contributed by atoms with Gasteiger partial charge in [-0.1, -0.05) is 0 Å². The van der Waals surface area contributed by atoms with Crippen LogP contribution in [0.15, 0.2) is 12.4 Å². The second-order valence-electron chi connectivity index (χ2n) is 3.80. The lowest BCUT2D eigenvalue weighted by Crippen LogP contribution is -2.18. The van der Waals surface area contributed by atoms with Crippen LogP contribution in [-0.2, 0) is 11.3 Å². The second-order valence-corrected chi connectivity index (χ2v) is 3.80. The van der Waals surface area contributed by atoms with Gasteiger partial charge in [-0.2, -0.15) is 18.3 Å². The smallest absolute Gasteiger partial charge is 0.323 e. The second kappa shape index (κ2) is 8.00. The first-order chi connectivity index (χ1) is 8.40. The minimum absolute atomic E-state index is 0. The molecule has 5 nitrogen and oxygen atoms in total. The molecule has 0 saturated carbocycles. The Balaban J connectivity index is 0.00000324. The van der Waals surface area contributed by atoms with Gasteiger partial charge in [-0.05, 0) is 20.0 Å². The van der Waals surface area contributed by atoms with Crippen LogP contribution in [0.3, 0.4) is 0 Å². The van der Waals surface area contributed by atoms with Gasteiger partial charge >= 0.3 is 6.18 Å². The average molecular weight is 301 g/mol. The zero-order chi connectivity index (χ0) is 13.6. The Morgan fingerprint density at radius 2 is 2.16 bits per heavy atom. The standard InChI is InChI=1S/C10H15F3N4O.ClH/c1-14-4-2-3-9(18)16-8-5-15-17(6-8)7-10(11,12)13;/h5-6,14H,2-4,7H2,1H3,(H,16,18);1H. The highest BCUT2D eigenvalue weighted by molar-refractivity contribution is 5.90. The summed E-state index contributed by atoms with van der Waals surface area (Å²) in [6, 6.07) is 0. The van der Waals surface area contributed by atoms with Crippen molar-refractivity contribution in [1.29, 1.82) is 0 Å². The summed E-state index contributed by atoms with van der Waals surface area (Å²) in [5.74, 6) is -0.239. The van der Waals surface area contributed by atoms with Crippen LogP contribution >= 0.6 is 12.4 Å². The molecular formula is C10H16ClF3N4O. The molecule has 1 rings (SSSR count). The van der Waals surface area contributed by atoms with Gasteiger partial charge in [0.15, 0.2) is 0 Å². The van der Waals surface area contributed by atoms with Crippen LogP contribution in [0, 0.1) is 0 Å². The van der Waals surface area contributed by atoms with Crippen LogP contribution in [0.5, 0.6) is 0 Å². The molecule has 19 heavy (non-hydrogen) atoms. The van der Waals surface area contributed by atoms with Gasteiger partial charge in [0.1, 0.15) is 6.54 Å². The average Bonchev–Trinajstić information content (AvgIpc) is 2.63. The van der Waals surface area contributed by atoms with Gasteiger partial charge in [0.25, 0.3) is 0 Å². The number of nitrogens with zero attached hydrogens (tertiary/aromatic N) is 2. The van der Waals surface area contributed by atoms with Crippen LogP contribution < -0.4 is 10.6 Å². The van der Waals surface area contributed by atoms with E-state index in [0.717, 1.165) is 10.9 Å². The summed E-state index contributed by atoms with van der Waals surface area (Å²) in [7, 11) is 1.78. The van der Waals surface area contributed by atoms with E-state index < -0.39 is 12.7 Å². The maximum absolute atomic E-state index is 12.1. The molecule has 0 fully saturated rings. The van der Waals surface area contributed by atoms with E-state index in [-0.39, 0.29) is 24.0 Å². The van der Waals surface area contributed by atoms with Crippen molar-refractivity contribution in [3.63, 3.8) is 0 Å². The highest BCUT2D eigenvalue weighted by atomic mass is 35.5. The van der Waals surface area contributed by atoms with Gasteiger partial charge in [0.2, 0.25) is 5.91 Å². The Kier molecular flexibility index (Phi) is 7.47. The summed E-state index contributed by atoms with van der Waals surface area (Å²) in [6.07, 6.45) is -0.990. The molecule has 0 aliphatic rings. The highest BCUT2D eigenvalue weighted by Crippen LogP contribution is 2.18. The van der Waals surface area contributed by atoms with E-state index in [0.29, 0.717) is 19.4 Å². The fourth-order valence-electron chi connectivity index (χ4n) is 1.35. The van der Waals surface area contributed by atoms with E-state index in [1.165, 1.54) is 6.20 Å². The molecule has 0 spiro atoms. The fraction of sp³-hybridized carbons (Fsp3) is 0.600. The van der Waals surface area contributed by atoms with E-state index in [4.69, 9.17) is 0 Å². The van der Waals surface area contributed by atoms with E-state index in [9.17, 15) is 18.0 Å². The van der Waals surface area contributed by atoms with Crippen molar-refractivity contribution in [2.45, 2.75) is 25.6 Å². The van der Waals surface area contributed by atoms with E-state index in [2.05, 4.69) is 15.7 Å². The molecule has 9 heteroatoms. The van der Waals surface area contributed by atoms with Gasteiger partial charge < -0.3 is 10.6 Å². The molecular weight excluding hydrogens is 285 g/mol. The van der Waals surface area contributed by atoms with Crippen LogP contribution in [0.1, 0.15) is 12.8 Å². The third-order valence-corrected chi connectivity index (χ3v) is 2.09. The van der Waals surface area contributed by atoms with E-state index in [1.54, 1.807) is 7.05 Å². The number of rotatable bonds is 6. The summed E-state index contributed by atoms with van der Waals surface area (Å²) < 4.78 is 36.9. The monoisotopic (exact) mass is 300 g/mol. The molecule has 110 valence electrons. The molecule has 2 N–H and O–H groups in total. The molecule has 1 aromatic heterocycles. The number of halogens is 4. The lowest BCUT2D eigenvalue weighted by Gasteiger charge is -2.05. The van der Waals surface area contributed by atoms with Gasteiger partial charge in [0.05, 0.1) is 11.9 Å². The Labute approximate surface area is 115 Å². The zero-order valence-corrected chi connectivity index (χ0v) is 11.1. The fourth-order valence-corrected chi connectivity index (χ4v) is 1.35. The number of carbonyl (C=O) groups excluding carboxylic acids is 1. The molecule has 1 amide bonds. The summed E-state index contributed by atoms with van der Waals surface area (Å²) >= 11 is 0. The van der Waals surface area contributed by atoms with Gasteiger partial charge in [-0.15, -0.1) is 12.4 Å². The predicted octanol–water partition coefficient (Wildman–Crippen LogP) is 1.81. The molecule has 0 aromatic carbocycles. The number of amides is 1. The minimum Gasteiger partial charge on any atom is -0.323 e. The third-order valence-electron chi connectivity index (χ3n) is 2.09. The minimum atomic E-state index is -4.32. The topological polar surface area (TPSA) is 59.0 Å². The number of alkyl halides is 3. The Morgan fingerprint density at radius 1 is 1.47 bits per heavy atom. The Morgan fingerprint density at radius 3 is 2.74 bits per heavy atom. The largest absolute Gasteiger partial charge is 0.408 e. The number of anilines is 1. The SMILES string of the molecule is CNCCCC(=O)Nc1cnn(CC(F)(F)F)c1.Cl. The van der Waals surface area contributed by atoms with Gasteiger partial charge in [0, 0.05) is 12.6 Å². The van der Waals surface area contributed by atoms with Crippen molar-refractivity contribution in [2.24, 2.45) is 0 Å². The number of hydrogen-bond acceptors (Lipinski definition) is 3. The first-order valence-corrected chi connectivity index (χ1v) is 5.44. The van der Waals surface area contributed by atoms with Crippen molar-refractivity contribution >= 4 is 24.0 Å². The summed E-state index contributed by atoms with van der Waals surface area (Å²) in [5, 5.41) is 8.91. The molecule has 1 aromatic rings. The Hall–Kier alpha value is -1.28. The normalized spacial score (nSPS) is 10.9. The van der Waals surface area contributed by atoms with Crippen molar-refractivity contribution in [3.05, 3.63) is 12.4 Å². The number of hydrogen-bond donors (Lipinski definition) is 2. The molecule has 0 aliphatic heterocycles. The van der Waals surface area contributed by atoms with E-state index in [1.807, 2.05) is 0 Å². The maximum atomic E-state index is 12.1. The Bertz CT molecular complexity index is 394. The van der Waals surface area contributed by atoms with Gasteiger partial charge in [-0.25, -0.2) is 0 Å². The molecule has 0 atom stereocenters. The van der Waals surface area contributed by atoms with E-state index >= 15 is 0 Å². The first-order valence-electron chi connectivity index (χ1n) is 5.44. The lowest BCUT2D eigenvalue weighted by molar-refractivity contribution is -0.142. The summed E-state index contributed by atoms with van der Waals surface area (Å²) in [6.45, 7) is -0.455. The van der Waals surface area contributed by atoms with Crippen molar-refractivity contribution in [2.75, 3.05) is 18.9 Å². The molecule has 1 heterocycles. The van der Waals surface area contributed by atoms with Gasteiger partial charge in [-0.3, -0.25) is 9.48 Å². The molecule has 0 unspecified atom stereocenters. The van der Waals surface area contributed by atoms with Crippen molar-refractivity contribution < 1.29 is 18.0 Å². The third kappa shape index (κ3) is 7.68. The van der Waals surface area contributed by atoms with Crippen LogP contribution in [0.25, 0.3) is 0 Å². The molecule has 0 radical (unpaired) electrons. The van der Waals surface area contributed by atoms with Crippen molar-refractivity contribution in [1.82, 2.24) is 15.1 Å². The highest BCUT2D eigenvalue weighted by Gasteiger charge is 2.28. The first kappa shape index (κ1) is 17.7. The van der Waals surface area contributed by atoms with Crippen LogP contribution in [0.4, 0.5) is 18.9 Å². The zero-order valence-electron chi connectivity index (χ0n) is 10.3. The molecule has 0 aliphatic carbocycles. The van der Waals surface area contributed by atoms with Crippen LogP contribution in [-0.4, -0.2) is 35.5 Å². The summed E-state index contributed by atoms with van der Waals surface area (Å²) in [4.78, 5) is 11.4. The summed E-state index contributed by atoms with van der Waals surface area (Å²) in [5.41, 5.74) is 0.272. The maximum Gasteiger partial charge on any atom is 0.408 e. The molecule has 0 saturated heterocycles. The van der Waals surface area contributed by atoms with Crippen LogP contribution in [0.2, 0.25) is 0 Å². The lowest BCUT2D eigenvalue weighted by atomic mass is 10.3. The van der Waals surface area contributed by atoms with Crippen molar-refractivity contribution in [3.8, 4) is 0 Å². The number of aromatic nitrogens is 2. The molecule has 0 bridgehead atoms. The quantitative estimate of drug-likeness (QED) is 0.788.